The summed E-state index contributed by atoms with van der Waals surface area (Å²) < 4.78 is 57.2. The Morgan fingerprint density at radius 1 is 1.02 bits per heavy atom. The highest BCUT2D eigenvalue weighted by Crippen LogP contribution is 2.62. The van der Waals surface area contributed by atoms with Crippen molar-refractivity contribution in [2.45, 2.75) is 107 Å². The first-order chi connectivity index (χ1) is 21.5. The molecule has 0 saturated heterocycles. The topological polar surface area (TPSA) is 38.3 Å². The van der Waals surface area contributed by atoms with E-state index < -0.39 is 11.6 Å². The highest BCUT2D eigenvalue weighted by Gasteiger charge is 2.66. The van der Waals surface area contributed by atoms with Crippen LogP contribution in [0.1, 0.15) is 99.1 Å². The number of ether oxygens (including phenoxy) is 1. The lowest BCUT2D eigenvalue weighted by atomic mass is 9.96. The van der Waals surface area contributed by atoms with E-state index in [4.69, 9.17) is 4.74 Å². The van der Waals surface area contributed by atoms with Crippen molar-refractivity contribution in [3.05, 3.63) is 113 Å². The molecular weight excluding hydrogens is 590 g/mol. The van der Waals surface area contributed by atoms with Gasteiger partial charge in [-0.1, -0.05) is 82.4 Å². The van der Waals surface area contributed by atoms with Gasteiger partial charge in [0.25, 0.3) is 0 Å². The minimum atomic E-state index is -4.22. The fraction of sp³-hybridized carbons (Fsp3) is 0.462. The third-order valence-corrected chi connectivity index (χ3v) is 7.41. The first-order valence-electron chi connectivity index (χ1n) is 15.9. The van der Waals surface area contributed by atoms with E-state index >= 15 is 0 Å². The van der Waals surface area contributed by atoms with Gasteiger partial charge in [0.2, 0.25) is 5.91 Å². The van der Waals surface area contributed by atoms with Crippen molar-refractivity contribution in [3.8, 4) is 0 Å². The molecule has 1 aliphatic rings. The molecule has 0 atom stereocenters. The van der Waals surface area contributed by atoms with Crippen LogP contribution in [0.3, 0.4) is 0 Å². The molecule has 3 nitrogen and oxygen atoms in total. The molecule has 256 valence electrons. The molecule has 0 aromatic heterocycles. The SMILES string of the molecule is C=C(C)/C=C(\OC)C1(C(F)(F)F)CC1.C=C(C)Cc1ccc(C(/C=C(/C=C(\C)C(=O)NC(CC)CC)C(=C)C)=C/C)cc1F.CC. The van der Waals surface area contributed by atoms with Gasteiger partial charge in [-0.3, -0.25) is 4.79 Å². The van der Waals surface area contributed by atoms with E-state index in [1.807, 2.05) is 58.9 Å². The van der Waals surface area contributed by atoms with Crippen molar-refractivity contribution >= 4 is 11.5 Å². The Labute approximate surface area is 275 Å². The quantitative estimate of drug-likeness (QED) is 0.0762. The number of benzene rings is 1. The molecule has 1 aliphatic carbocycles. The molecule has 1 N–H and O–H groups in total. The summed E-state index contributed by atoms with van der Waals surface area (Å²) in [6.07, 6.45) is 5.42. The molecule has 0 aliphatic heterocycles. The van der Waals surface area contributed by atoms with Crippen LogP contribution in [-0.2, 0) is 16.0 Å². The number of alkyl halides is 3. The summed E-state index contributed by atoms with van der Waals surface area (Å²) in [7, 11) is 1.26. The molecule has 1 aromatic carbocycles. The molecule has 46 heavy (non-hydrogen) atoms. The van der Waals surface area contributed by atoms with E-state index in [2.05, 4.69) is 38.9 Å². The van der Waals surface area contributed by atoms with Gasteiger partial charge in [-0.15, -0.1) is 0 Å². The first-order valence-corrected chi connectivity index (χ1v) is 15.9. The van der Waals surface area contributed by atoms with Gasteiger partial charge in [0.05, 0.1) is 7.11 Å². The maximum atomic E-state index is 14.5. The standard InChI is InChI=1S/C27H36FNO.C10H13F3O.C2H6/c1-9-21(22-12-13-23(14-18(4)5)26(28)17-22)16-24(19(6)7)15-20(8)27(30)29-25(10-2)11-3;1-7(2)6-8(14-3)9(4-5-9)10(11,12)13;1-2/h9,12-13,15-17,25H,4,6,10-11,14H2,1-3,5,7-8H3,(H,29,30);6H,1,4-5H2,2-3H3;1-2H3/b20-15+,21-9+,24-16-;8-6-;. The molecule has 1 saturated carbocycles. The van der Waals surface area contributed by atoms with E-state index in [1.165, 1.54) is 13.2 Å². The lowest BCUT2D eigenvalue weighted by molar-refractivity contribution is -0.184. The lowest BCUT2D eigenvalue weighted by Gasteiger charge is -2.21. The number of carbonyl (C=O) groups is 1. The maximum absolute atomic E-state index is 14.5. The minimum Gasteiger partial charge on any atom is -0.500 e. The zero-order chi connectivity index (χ0) is 35.8. The van der Waals surface area contributed by atoms with E-state index in [9.17, 15) is 22.4 Å². The fourth-order valence-electron chi connectivity index (χ4n) is 4.49. The molecule has 0 heterocycles. The number of methoxy groups -OCH3 is 1. The van der Waals surface area contributed by atoms with Crippen LogP contribution in [0.5, 0.6) is 0 Å². The largest absolute Gasteiger partial charge is 0.500 e. The van der Waals surface area contributed by atoms with Crippen LogP contribution in [0.2, 0.25) is 0 Å². The summed E-state index contributed by atoms with van der Waals surface area (Å²) in [5, 5.41) is 3.05. The highest BCUT2D eigenvalue weighted by atomic mass is 19.4. The molecule has 0 radical (unpaired) electrons. The van der Waals surface area contributed by atoms with Crippen molar-refractivity contribution in [3.63, 3.8) is 0 Å². The highest BCUT2D eigenvalue weighted by molar-refractivity contribution is 5.94. The van der Waals surface area contributed by atoms with Crippen molar-refractivity contribution in [1.29, 1.82) is 0 Å². The summed E-state index contributed by atoms with van der Waals surface area (Å²) in [6.45, 7) is 28.7. The molecule has 1 amide bonds. The third-order valence-electron chi connectivity index (χ3n) is 7.41. The predicted octanol–water partition coefficient (Wildman–Crippen LogP) is 11.6. The predicted molar refractivity (Wildman–Crippen MR) is 187 cm³/mol. The zero-order valence-corrected chi connectivity index (χ0v) is 29.6. The summed E-state index contributed by atoms with van der Waals surface area (Å²) >= 11 is 0. The monoisotopic (exact) mass is 645 g/mol. The average Bonchev–Trinajstić information content (AvgIpc) is 3.81. The summed E-state index contributed by atoms with van der Waals surface area (Å²) in [4.78, 5) is 12.5. The number of hydrogen-bond acceptors (Lipinski definition) is 2. The number of halogens is 4. The zero-order valence-electron chi connectivity index (χ0n) is 29.6. The van der Waals surface area contributed by atoms with Gasteiger partial charge in [-0.2, -0.15) is 13.2 Å². The lowest BCUT2D eigenvalue weighted by Crippen LogP contribution is -2.34. The van der Waals surface area contributed by atoms with Crippen LogP contribution in [-0.4, -0.2) is 25.2 Å². The van der Waals surface area contributed by atoms with Crippen molar-refractivity contribution in [2.75, 3.05) is 7.11 Å². The van der Waals surface area contributed by atoms with Gasteiger partial charge in [0.15, 0.2) is 0 Å². The molecule has 2 rings (SSSR count). The van der Waals surface area contributed by atoms with Gasteiger partial charge in [-0.05, 0) is 113 Å². The van der Waals surface area contributed by atoms with Gasteiger partial charge in [-0.25, -0.2) is 4.39 Å². The number of nitrogens with one attached hydrogen (secondary N) is 1. The smallest absolute Gasteiger partial charge is 0.401 e. The van der Waals surface area contributed by atoms with Crippen LogP contribution < -0.4 is 5.32 Å². The first kappa shape index (κ1) is 42.4. The third kappa shape index (κ3) is 13.0. The number of carbonyl (C=O) groups excluding carboxylic acids is 1. The Balaban J connectivity index is 0.00000105. The fourth-order valence-corrected chi connectivity index (χ4v) is 4.49. The number of rotatable bonds is 13. The van der Waals surface area contributed by atoms with Crippen LogP contribution >= 0.6 is 0 Å². The Hall–Kier alpha value is -3.61. The summed E-state index contributed by atoms with van der Waals surface area (Å²) in [5.41, 5.74) is 4.34. The molecule has 0 bridgehead atoms. The van der Waals surface area contributed by atoms with Gasteiger partial charge in [0, 0.05) is 11.6 Å². The Kier molecular flexibility index (Phi) is 18.3. The van der Waals surface area contributed by atoms with Gasteiger partial charge in [0.1, 0.15) is 17.0 Å². The summed E-state index contributed by atoms with van der Waals surface area (Å²) in [5.74, 6) is -0.332. The number of amides is 1. The van der Waals surface area contributed by atoms with Gasteiger partial charge >= 0.3 is 6.18 Å². The van der Waals surface area contributed by atoms with Crippen LogP contribution in [0, 0.1) is 11.2 Å². The van der Waals surface area contributed by atoms with E-state index in [-0.39, 0.29) is 36.4 Å². The molecular formula is C39H55F4NO2. The minimum absolute atomic E-state index is 0.0162. The van der Waals surface area contributed by atoms with Gasteiger partial charge < -0.3 is 10.1 Å². The normalized spacial score (nSPS) is 14.8. The molecule has 7 heteroatoms. The second-order valence-corrected chi connectivity index (χ2v) is 11.5. The Bertz CT molecular complexity index is 1330. The molecule has 0 unspecified atom stereocenters. The second kappa shape index (κ2) is 19.8. The average molecular weight is 646 g/mol. The van der Waals surface area contributed by atoms with Crippen molar-refractivity contribution in [2.24, 2.45) is 5.41 Å². The number of hydrogen-bond donors (Lipinski definition) is 1. The molecule has 1 fully saturated rings. The van der Waals surface area contributed by atoms with Crippen LogP contribution in [0.15, 0.2) is 95.9 Å². The summed E-state index contributed by atoms with van der Waals surface area (Å²) in [6, 6.07) is 5.45. The Morgan fingerprint density at radius 2 is 1.59 bits per heavy atom. The molecule has 0 spiro atoms. The van der Waals surface area contributed by atoms with Crippen molar-refractivity contribution < 1.29 is 27.1 Å². The Morgan fingerprint density at radius 3 is 1.96 bits per heavy atom. The van der Waals surface area contributed by atoms with E-state index in [0.29, 0.717) is 23.1 Å². The van der Waals surface area contributed by atoms with Crippen LogP contribution in [0.4, 0.5) is 17.6 Å². The van der Waals surface area contributed by atoms with E-state index in [1.54, 1.807) is 26.0 Å². The van der Waals surface area contributed by atoms with E-state index in [0.717, 1.165) is 40.7 Å². The molecule has 1 aromatic rings. The van der Waals surface area contributed by atoms with Crippen LogP contribution in [0.25, 0.3) is 5.57 Å². The number of allylic oxidation sites excluding steroid dienone is 10. The second-order valence-electron chi connectivity index (χ2n) is 11.5. The maximum Gasteiger partial charge on any atom is 0.401 e. The van der Waals surface area contributed by atoms with Crippen molar-refractivity contribution in [1.82, 2.24) is 5.32 Å².